The summed E-state index contributed by atoms with van der Waals surface area (Å²) in [5.74, 6) is 0.251. The largest absolute Gasteiger partial charge is 0.508 e. The van der Waals surface area contributed by atoms with Crippen molar-refractivity contribution in [2.45, 2.75) is 38.3 Å². The van der Waals surface area contributed by atoms with Gasteiger partial charge in [0, 0.05) is 13.7 Å². The highest BCUT2D eigenvalue weighted by atomic mass is 16.5. The maximum absolute atomic E-state index is 12.5. The van der Waals surface area contributed by atoms with Gasteiger partial charge in [-0.2, -0.15) is 0 Å². The molecule has 1 amide bonds. The molecule has 1 aromatic carbocycles. The Morgan fingerprint density at radius 1 is 1.42 bits per heavy atom. The fourth-order valence-corrected chi connectivity index (χ4v) is 2.47. The van der Waals surface area contributed by atoms with Crippen molar-refractivity contribution in [1.82, 2.24) is 4.90 Å². The van der Waals surface area contributed by atoms with Crippen LogP contribution in [0.25, 0.3) is 0 Å². The Kier molecular flexibility index (Phi) is 3.80. The molecule has 4 heteroatoms. The lowest BCUT2D eigenvalue weighted by molar-refractivity contribution is -0.151. The molecule has 2 unspecified atom stereocenters. The van der Waals surface area contributed by atoms with Gasteiger partial charge in [-0.3, -0.25) is 4.79 Å². The highest BCUT2D eigenvalue weighted by molar-refractivity contribution is 5.85. The standard InChI is InChI=1S/C15H21NO3/c1-11(12-5-7-13(17)8-6-12)16(3)14(18)15(2)9-4-10-19-15/h5-8,11,17H,4,9-10H2,1-3H3. The molecule has 1 aliphatic heterocycles. The number of phenols is 1. The third kappa shape index (κ3) is 2.73. The number of rotatable bonds is 3. The van der Waals surface area contributed by atoms with Crippen molar-refractivity contribution in [3.63, 3.8) is 0 Å². The second-order valence-electron chi connectivity index (χ2n) is 5.37. The minimum Gasteiger partial charge on any atom is -0.508 e. The van der Waals surface area contributed by atoms with Crippen LogP contribution in [-0.4, -0.2) is 35.2 Å². The molecule has 1 saturated heterocycles. The summed E-state index contributed by atoms with van der Waals surface area (Å²) in [4.78, 5) is 14.2. The Hall–Kier alpha value is -1.55. The van der Waals surface area contributed by atoms with Gasteiger partial charge in [-0.1, -0.05) is 12.1 Å². The Balaban J connectivity index is 2.12. The van der Waals surface area contributed by atoms with Crippen molar-refractivity contribution < 1.29 is 14.6 Å². The molecule has 1 heterocycles. The summed E-state index contributed by atoms with van der Waals surface area (Å²) in [6.45, 7) is 4.49. The molecule has 1 N–H and O–H groups in total. The Bertz CT molecular complexity index is 449. The fourth-order valence-electron chi connectivity index (χ4n) is 2.47. The smallest absolute Gasteiger partial charge is 0.254 e. The average molecular weight is 263 g/mol. The van der Waals surface area contributed by atoms with Gasteiger partial charge in [-0.15, -0.1) is 0 Å². The number of benzene rings is 1. The van der Waals surface area contributed by atoms with E-state index < -0.39 is 5.60 Å². The molecule has 0 saturated carbocycles. The van der Waals surface area contributed by atoms with Crippen LogP contribution in [0.4, 0.5) is 0 Å². The predicted octanol–water partition coefficient (Wildman–Crippen LogP) is 2.48. The number of likely N-dealkylation sites (N-methyl/N-ethyl adjacent to an activating group) is 1. The van der Waals surface area contributed by atoms with E-state index in [4.69, 9.17) is 4.74 Å². The molecular weight excluding hydrogens is 242 g/mol. The third-order valence-electron chi connectivity index (χ3n) is 3.95. The summed E-state index contributed by atoms with van der Waals surface area (Å²) in [5.41, 5.74) is 0.315. The van der Waals surface area contributed by atoms with Crippen LogP contribution in [0.2, 0.25) is 0 Å². The molecule has 1 aliphatic rings. The highest BCUT2D eigenvalue weighted by Gasteiger charge is 2.40. The van der Waals surface area contributed by atoms with Crippen LogP contribution in [0.15, 0.2) is 24.3 Å². The molecule has 19 heavy (non-hydrogen) atoms. The van der Waals surface area contributed by atoms with Crippen LogP contribution in [-0.2, 0) is 9.53 Å². The topological polar surface area (TPSA) is 49.8 Å². The molecule has 4 nitrogen and oxygen atoms in total. The molecular formula is C15H21NO3. The van der Waals surface area contributed by atoms with Crippen molar-refractivity contribution in [3.05, 3.63) is 29.8 Å². The number of phenolic OH excluding ortho intramolecular Hbond substituents is 1. The monoisotopic (exact) mass is 263 g/mol. The van der Waals surface area contributed by atoms with E-state index in [1.54, 1.807) is 24.1 Å². The van der Waals surface area contributed by atoms with Crippen molar-refractivity contribution >= 4 is 5.91 Å². The first-order valence-electron chi connectivity index (χ1n) is 6.64. The lowest BCUT2D eigenvalue weighted by Crippen LogP contribution is -2.45. The molecule has 2 atom stereocenters. The van der Waals surface area contributed by atoms with Gasteiger partial charge >= 0.3 is 0 Å². The van der Waals surface area contributed by atoms with Gasteiger partial charge in [-0.25, -0.2) is 0 Å². The fraction of sp³-hybridized carbons (Fsp3) is 0.533. The normalized spacial score (nSPS) is 24.2. The molecule has 104 valence electrons. The number of carbonyl (C=O) groups is 1. The number of amides is 1. The Morgan fingerprint density at radius 3 is 2.58 bits per heavy atom. The van der Waals surface area contributed by atoms with Crippen molar-refractivity contribution in [1.29, 1.82) is 0 Å². The van der Waals surface area contributed by atoms with Gasteiger partial charge in [0.05, 0.1) is 6.04 Å². The van der Waals surface area contributed by atoms with Gasteiger partial charge < -0.3 is 14.7 Å². The number of ether oxygens (including phenoxy) is 1. The first-order chi connectivity index (χ1) is 8.94. The zero-order valence-electron chi connectivity index (χ0n) is 11.7. The van der Waals surface area contributed by atoms with E-state index in [9.17, 15) is 9.90 Å². The van der Waals surface area contributed by atoms with E-state index in [2.05, 4.69) is 0 Å². The maximum Gasteiger partial charge on any atom is 0.254 e. The van der Waals surface area contributed by atoms with E-state index in [1.807, 2.05) is 26.0 Å². The SMILES string of the molecule is CC(c1ccc(O)cc1)N(C)C(=O)C1(C)CCCO1. The third-order valence-corrected chi connectivity index (χ3v) is 3.95. The van der Waals surface area contributed by atoms with Crippen LogP contribution >= 0.6 is 0 Å². The summed E-state index contributed by atoms with van der Waals surface area (Å²) in [6, 6.07) is 6.90. The Labute approximate surface area is 114 Å². The highest BCUT2D eigenvalue weighted by Crippen LogP contribution is 2.30. The minimum atomic E-state index is -0.681. The summed E-state index contributed by atoms with van der Waals surface area (Å²) in [6.07, 6.45) is 1.71. The van der Waals surface area contributed by atoms with Gasteiger partial charge in [0.2, 0.25) is 0 Å². The molecule has 0 radical (unpaired) electrons. The molecule has 0 aromatic heterocycles. The summed E-state index contributed by atoms with van der Waals surface area (Å²) < 4.78 is 5.60. The summed E-state index contributed by atoms with van der Waals surface area (Å²) in [5, 5.41) is 9.30. The second kappa shape index (κ2) is 5.21. The van der Waals surface area contributed by atoms with Gasteiger partial charge in [0.25, 0.3) is 5.91 Å². The van der Waals surface area contributed by atoms with Crippen molar-refractivity contribution in [3.8, 4) is 5.75 Å². The zero-order valence-corrected chi connectivity index (χ0v) is 11.7. The minimum absolute atomic E-state index is 0.0191. The predicted molar refractivity (Wildman–Crippen MR) is 72.9 cm³/mol. The molecule has 2 rings (SSSR count). The van der Waals surface area contributed by atoms with Crippen LogP contribution in [0, 0.1) is 0 Å². The number of carbonyl (C=O) groups excluding carboxylic acids is 1. The molecule has 1 fully saturated rings. The number of aromatic hydroxyl groups is 1. The first-order valence-corrected chi connectivity index (χ1v) is 6.64. The number of nitrogens with zero attached hydrogens (tertiary/aromatic N) is 1. The van der Waals surface area contributed by atoms with E-state index in [1.165, 1.54) is 0 Å². The zero-order chi connectivity index (χ0) is 14.0. The molecule has 0 spiro atoms. The van der Waals surface area contributed by atoms with Crippen LogP contribution in [0.5, 0.6) is 5.75 Å². The Morgan fingerprint density at radius 2 is 2.05 bits per heavy atom. The summed E-state index contributed by atoms with van der Waals surface area (Å²) >= 11 is 0. The van der Waals surface area contributed by atoms with E-state index in [0.29, 0.717) is 6.61 Å². The molecule has 1 aromatic rings. The van der Waals surface area contributed by atoms with E-state index in [-0.39, 0.29) is 17.7 Å². The van der Waals surface area contributed by atoms with Crippen LogP contribution < -0.4 is 0 Å². The lowest BCUT2D eigenvalue weighted by atomic mass is 9.99. The summed E-state index contributed by atoms with van der Waals surface area (Å²) in [7, 11) is 1.80. The van der Waals surface area contributed by atoms with Crippen molar-refractivity contribution in [2.75, 3.05) is 13.7 Å². The quantitative estimate of drug-likeness (QED) is 0.911. The second-order valence-corrected chi connectivity index (χ2v) is 5.37. The number of hydrogen-bond donors (Lipinski definition) is 1. The van der Waals surface area contributed by atoms with E-state index in [0.717, 1.165) is 18.4 Å². The van der Waals surface area contributed by atoms with E-state index >= 15 is 0 Å². The van der Waals surface area contributed by atoms with Crippen molar-refractivity contribution in [2.24, 2.45) is 0 Å². The van der Waals surface area contributed by atoms with Crippen LogP contribution in [0.3, 0.4) is 0 Å². The first kappa shape index (κ1) is 13.9. The molecule has 0 aliphatic carbocycles. The van der Waals surface area contributed by atoms with Gasteiger partial charge in [0.1, 0.15) is 11.4 Å². The van der Waals surface area contributed by atoms with Gasteiger partial charge in [0.15, 0.2) is 0 Å². The van der Waals surface area contributed by atoms with Gasteiger partial charge in [-0.05, 0) is 44.4 Å². The molecule has 0 bridgehead atoms. The maximum atomic E-state index is 12.5. The lowest BCUT2D eigenvalue weighted by Gasteiger charge is -2.32. The average Bonchev–Trinajstić information content (AvgIpc) is 2.85. The van der Waals surface area contributed by atoms with Crippen LogP contribution in [0.1, 0.15) is 38.3 Å². The number of hydrogen-bond acceptors (Lipinski definition) is 3.